The van der Waals surface area contributed by atoms with Crippen LogP contribution in [0.5, 0.6) is 0 Å². The van der Waals surface area contributed by atoms with Crippen LogP contribution >= 0.6 is 0 Å². The zero-order valence-electron chi connectivity index (χ0n) is 8.66. The van der Waals surface area contributed by atoms with Crippen molar-refractivity contribution in [3.63, 3.8) is 0 Å². The Kier molecular flexibility index (Phi) is 2.88. The van der Waals surface area contributed by atoms with Crippen LogP contribution in [0.2, 0.25) is 0 Å². The third kappa shape index (κ3) is 2.59. The maximum absolute atomic E-state index is 5.40. The fourth-order valence-electron chi connectivity index (χ4n) is 1.75. The molecule has 0 aromatic carbocycles. The summed E-state index contributed by atoms with van der Waals surface area (Å²) in [5.41, 5.74) is 2.64. The summed E-state index contributed by atoms with van der Waals surface area (Å²) in [6.45, 7) is 2.23. The van der Waals surface area contributed by atoms with Gasteiger partial charge >= 0.3 is 0 Å². The number of hydrogen-bond acceptors (Lipinski definition) is 3. The van der Waals surface area contributed by atoms with Gasteiger partial charge in [0.15, 0.2) is 0 Å². The normalized spacial score (nSPS) is 29.3. The van der Waals surface area contributed by atoms with E-state index in [2.05, 4.69) is 27.7 Å². The number of guanidine groups is 1. The fraction of sp³-hybridized carbons (Fsp3) is 0.889. The molecule has 0 spiro atoms. The third-order valence-electron chi connectivity index (χ3n) is 2.73. The van der Waals surface area contributed by atoms with Gasteiger partial charge in [0.1, 0.15) is 0 Å². The van der Waals surface area contributed by atoms with Crippen molar-refractivity contribution in [3.8, 4) is 0 Å². The Bertz CT molecular complexity index is 223. The first-order valence-corrected chi connectivity index (χ1v) is 5.27. The van der Waals surface area contributed by atoms with Gasteiger partial charge in [0.25, 0.3) is 0 Å². The van der Waals surface area contributed by atoms with Crippen LogP contribution in [-0.2, 0) is 0 Å². The molecule has 80 valence electrons. The maximum Gasteiger partial charge on any atom is 0.206 e. The summed E-state index contributed by atoms with van der Waals surface area (Å²) in [6, 6.07) is 1.00. The van der Waals surface area contributed by atoms with Crippen LogP contribution < -0.4 is 16.6 Å². The summed E-state index contributed by atoms with van der Waals surface area (Å²) in [6.07, 6.45) is 3.58. The number of hydrazine groups is 1. The fourth-order valence-corrected chi connectivity index (χ4v) is 1.75. The molecular weight excluding hydrogens is 178 g/mol. The lowest BCUT2D eigenvalue weighted by Crippen LogP contribution is -2.47. The Morgan fingerprint density at radius 2 is 2.21 bits per heavy atom. The van der Waals surface area contributed by atoms with E-state index in [9.17, 15) is 0 Å². The van der Waals surface area contributed by atoms with Crippen molar-refractivity contribution in [2.24, 2.45) is 10.8 Å². The predicted octanol–water partition coefficient (Wildman–Crippen LogP) is -0.738. The third-order valence-corrected chi connectivity index (χ3v) is 2.73. The molecule has 0 radical (unpaired) electrons. The first-order valence-electron chi connectivity index (χ1n) is 5.27. The SMILES string of the molecule is CN1CCC(NC(=NC2CC2)NN)C1. The van der Waals surface area contributed by atoms with E-state index in [-0.39, 0.29) is 0 Å². The van der Waals surface area contributed by atoms with Crippen LogP contribution in [0.25, 0.3) is 0 Å². The minimum atomic E-state index is 0.494. The van der Waals surface area contributed by atoms with Crippen LogP contribution in [0.4, 0.5) is 0 Å². The van der Waals surface area contributed by atoms with Crippen molar-refractivity contribution in [2.45, 2.75) is 31.3 Å². The number of aliphatic imine (C=N–C) groups is 1. The molecule has 1 unspecified atom stereocenters. The Hall–Kier alpha value is -0.810. The van der Waals surface area contributed by atoms with E-state index in [0.29, 0.717) is 12.1 Å². The first-order chi connectivity index (χ1) is 6.78. The monoisotopic (exact) mass is 197 g/mol. The lowest BCUT2D eigenvalue weighted by Gasteiger charge is -2.15. The van der Waals surface area contributed by atoms with Gasteiger partial charge in [0.05, 0.1) is 6.04 Å². The Balaban J connectivity index is 1.81. The molecule has 0 aromatic rings. The van der Waals surface area contributed by atoms with E-state index in [1.165, 1.54) is 19.3 Å². The average Bonchev–Trinajstić information content (AvgIpc) is 2.89. The van der Waals surface area contributed by atoms with Crippen LogP contribution in [0.15, 0.2) is 4.99 Å². The molecular formula is C9H19N5. The highest BCUT2D eigenvalue weighted by atomic mass is 15.4. The molecule has 14 heavy (non-hydrogen) atoms. The van der Waals surface area contributed by atoms with Crippen molar-refractivity contribution in [2.75, 3.05) is 20.1 Å². The molecule has 2 fully saturated rings. The second kappa shape index (κ2) is 4.14. The molecule has 1 atom stereocenters. The summed E-state index contributed by atoms with van der Waals surface area (Å²) in [5.74, 6) is 6.16. The molecule has 1 saturated heterocycles. The zero-order chi connectivity index (χ0) is 9.97. The van der Waals surface area contributed by atoms with Gasteiger partial charge in [-0.05, 0) is 32.9 Å². The van der Waals surface area contributed by atoms with Crippen molar-refractivity contribution in [1.29, 1.82) is 0 Å². The largest absolute Gasteiger partial charge is 0.351 e. The molecule has 2 rings (SSSR count). The van der Waals surface area contributed by atoms with E-state index < -0.39 is 0 Å². The number of likely N-dealkylation sites (N-methyl/N-ethyl adjacent to an activating group) is 1. The number of nitrogens with zero attached hydrogens (tertiary/aromatic N) is 2. The zero-order valence-corrected chi connectivity index (χ0v) is 8.66. The Morgan fingerprint density at radius 3 is 2.71 bits per heavy atom. The van der Waals surface area contributed by atoms with E-state index in [0.717, 1.165) is 19.0 Å². The van der Waals surface area contributed by atoms with E-state index >= 15 is 0 Å². The summed E-state index contributed by atoms with van der Waals surface area (Å²) in [5, 5.41) is 3.34. The highest BCUT2D eigenvalue weighted by molar-refractivity contribution is 5.79. The van der Waals surface area contributed by atoms with Crippen molar-refractivity contribution >= 4 is 5.96 Å². The smallest absolute Gasteiger partial charge is 0.206 e. The van der Waals surface area contributed by atoms with Gasteiger partial charge in [-0.2, -0.15) is 0 Å². The predicted molar refractivity (Wildman–Crippen MR) is 56.8 cm³/mol. The van der Waals surface area contributed by atoms with E-state index in [4.69, 9.17) is 5.84 Å². The van der Waals surface area contributed by atoms with Gasteiger partial charge in [-0.3, -0.25) is 5.43 Å². The standard InChI is InChI=1S/C9H19N5/c1-14-5-4-8(6-14)12-9(13-10)11-7-2-3-7/h7-8H,2-6,10H2,1H3,(H2,11,12,13). The van der Waals surface area contributed by atoms with Gasteiger partial charge in [-0.15, -0.1) is 0 Å². The molecule has 1 aliphatic heterocycles. The van der Waals surface area contributed by atoms with Crippen LogP contribution in [0.3, 0.4) is 0 Å². The van der Waals surface area contributed by atoms with Crippen molar-refractivity contribution in [3.05, 3.63) is 0 Å². The van der Waals surface area contributed by atoms with Gasteiger partial charge < -0.3 is 10.2 Å². The van der Waals surface area contributed by atoms with Crippen molar-refractivity contribution < 1.29 is 0 Å². The number of nitrogens with one attached hydrogen (secondary N) is 2. The number of likely N-dealkylation sites (tertiary alicyclic amines) is 1. The molecule has 5 nitrogen and oxygen atoms in total. The summed E-state index contributed by atoms with van der Waals surface area (Å²) >= 11 is 0. The molecule has 0 amide bonds. The molecule has 1 saturated carbocycles. The average molecular weight is 197 g/mol. The highest BCUT2D eigenvalue weighted by Gasteiger charge is 2.23. The minimum Gasteiger partial charge on any atom is -0.351 e. The molecule has 2 aliphatic rings. The minimum absolute atomic E-state index is 0.494. The van der Waals surface area contributed by atoms with Crippen LogP contribution in [0, 0.1) is 0 Å². The Morgan fingerprint density at radius 1 is 1.43 bits per heavy atom. The number of hydrogen-bond donors (Lipinski definition) is 3. The van der Waals surface area contributed by atoms with Crippen LogP contribution in [-0.4, -0.2) is 43.1 Å². The quantitative estimate of drug-likeness (QED) is 0.236. The molecule has 5 heteroatoms. The molecule has 1 aliphatic carbocycles. The van der Waals surface area contributed by atoms with E-state index in [1.54, 1.807) is 0 Å². The molecule has 4 N–H and O–H groups in total. The van der Waals surface area contributed by atoms with E-state index in [1.807, 2.05) is 0 Å². The summed E-state index contributed by atoms with van der Waals surface area (Å²) in [4.78, 5) is 6.75. The topological polar surface area (TPSA) is 65.7 Å². The second-order valence-corrected chi connectivity index (χ2v) is 4.25. The Labute approximate surface area is 84.7 Å². The lowest BCUT2D eigenvalue weighted by molar-refractivity contribution is 0.406. The maximum atomic E-state index is 5.40. The molecule has 1 heterocycles. The van der Waals surface area contributed by atoms with Gasteiger partial charge in [0, 0.05) is 12.6 Å². The second-order valence-electron chi connectivity index (χ2n) is 4.25. The van der Waals surface area contributed by atoms with Gasteiger partial charge in [-0.1, -0.05) is 0 Å². The van der Waals surface area contributed by atoms with Gasteiger partial charge in [-0.25, -0.2) is 10.8 Å². The number of nitrogens with two attached hydrogens (primary N) is 1. The highest BCUT2D eigenvalue weighted by Crippen LogP contribution is 2.23. The molecule has 0 aromatic heterocycles. The van der Waals surface area contributed by atoms with Crippen molar-refractivity contribution in [1.82, 2.24) is 15.6 Å². The number of rotatable bonds is 2. The first kappa shape index (κ1) is 9.73. The van der Waals surface area contributed by atoms with Gasteiger partial charge in [0.2, 0.25) is 5.96 Å². The summed E-state index contributed by atoms with van der Waals surface area (Å²) < 4.78 is 0. The summed E-state index contributed by atoms with van der Waals surface area (Å²) in [7, 11) is 2.13. The lowest BCUT2D eigenvalue weighted by atomic mass is 10.3. The molecule has 0 bridgehead atoms. The van der Waals surface area contributed by atoms with Crippen LogP contribution in [0.1, 0.15) is 19.3 Å².